The van der Waals surface area contributed by atoms with E-state index in [1.54, 1.807) is 23.4 Å². The Morgan fingerprint density at radius 1 is 1.06 bits per heavy atom. The highest BCUT2D eigenvalue weighted by molar-refractivity contribution is 5.94. The lowest BCUT2D eigenvalue weighted by Crippen LogP contribution is -2.47. The van der Waals surface area contributed by atoms with Gasteiger partial charge >= 0.3 is 0 Å². The fraction of sp³-hybridized carbons (Fsp3) is 0.391. The molecular formula is C23H26N6O2. The van der Waals surface area contributed by atoms with Gasteiger partial charge in [-0.3, -0.25) is 9.59 Å². The van der Waals surface area contributed by atoms with Crippen molar-refractivity contribution in [1.82, 2.24) is 29.3 Å². The van der Waals surface area contributed by atoms with Gasteiger partial charge in [0, 0.05) is 44.4 Å². The average molecular weight is 419 g/mol. The van der Waals surface area contributed by atoms with Crippen molar-refractivity contribution in [1.29, 1.82) is 0 Å². The number of hydrogen-bond donors (Lipinski definition) is 1. The van der Waals surface area contributed by atoms with Crippen LogP contribution in [0.2, 0.25) is 0 Å². The third-order valence-electron chi connectivity index (χ3n) is 6.56. The first-order valence-electron chi connectivity index (χ1n) is 10.8. The summed E-state index contributed by atoms with van der Waals surface area (Å²) in [5.74, 6) is 0.312. The summed E-state index contributed by atoms with van der Waals surface area (Å²) in [5, 5.41) is 0. The Morgan fingerprint density at radius 2 is 1.84 bits per heavy atom. The van der Waals surface area contributed by atoms with Crippen molar-refractivity contribution in [2.45, 2.75) is 25.3 Å². The first-order chi connectivity index (χ1) is 15.1. The molecule has 2 amide bonds. The number of aromatic nitrogens is 4. The van der Waals surface area contributed by atoms with Crippen LogP contribution in [0.1, 0.15) is 51.1 Å². The summed E-state index contributed by atoms with van der Waals surface area (Å²) in [5.41, 5.74) is 3.39. The Labute approximate surface area is 180 Å². The van der Waals surface area contributed by atoms with Gasteiger partial charge < -0.3 is 19.4 Å². The van der Waals surface area contributed by atoms with Crippen molar-refractivity contribution in [3.8, 4) is 0 Å². The number of carbonyl (C=O) groups is 2. The van der Waals surface area contributed by atoms with Crippen LogP contribution >= 0.6 is 0 Å². The van der Waals surface area contributed by atoms with Crippen molar-refractivity contribution in [3.63, 3.8) is 0 Å². The highest BCUT2D eigenvalue weighted by atomic mass is 16.2. The van der Waals surface area contributed by atoms with Crippen molar-refractivity contribution in [3.05, 3.63) is 71.8 Å². The normalized spacial score (nSPS) is 19.3. The summed E-state index contributed by atoms with van der Waals surface area (Å²) in [6.07, 6.45) is 7.44. The van der Waals surface area contributed by atoms with E-state index in [4.69, 9.17) is 0 Å². The molecule has 8 nitrogen and oxygen atoms in total. The number of rotatable bonds is 3. The van der Waals surface area contributed by atoms with Crippen LogP contribution in [0.25, 0.3) is 0 Å². The molecule has 31 heavy (non-hydrogen) atoms. The number of hydrogen-bond acceptors (Lipinski definition) is 4. The lowest BCUT2D eigenvalue weighted by molar-refractivity contribution is 0.0425. The summed E-state index contributed by atoms with van der Waals surface area (Å²) >= 11 is 0. The van der Waals surface area contributed by atoms with Gasteiger partial charge in [0.05, 0.1) is 30.6 Å². The van der Waals surface area contributed by atoms with Gasteiger partial charge in [0.2, 0.25) is 0 Å². The molecule has 0 radical (unpaired) electrons. The summed E-state index contributed by atoms with van der Waals surface area (Å²) in [7, 11) is 1.84. The van der Waals surface area contributed by atoms with Crippen molar-refractivity contribution < 1.29 is 9.59 Å². The van der Waals surface area contributed by atoms with E-state index in [2.05, 4.69) is 15.0 Å². The number of carbonyl (C=O) groups excluding carboxylic acids is 2. The second kappa shape index (κ2) is 8.02. The fourth-order valence-corrected chi connectivity index (χ4v) is 4.90. The van der Waals surface area contributed by atoms with Crippen LogP contribution in [-0.4, -0.2) is 60.8 Å². The minimum absolute atomic E-state index is 0.0126. The Bertz CT molecular complexity index is 1080. The molecule has 0 spiro atoms. The second-order valence-corrected chi connectivity index (χ2v) is 8.35. The first kappa shape index (κ1) is 19.5. The SMILES string of the molecule is Cn1cncc1C(=O)N1CCc2[nH]cnc2C1C1CCN(C(=O)c2ccccc2)CC1. The molecule has 1 N–H and O–H groups in total. The molecule has 1 atom stereocenters. The van der Waals surface area contributed by atoms with E-state index in [0.29, 0.717) is 25.3 Å². The molecule has 1 aromatic carbocycles. The smallest absolute Gasteiger partial charge is 0.272 e. The minimum atomic E-state index is -0.0913. The molecule has 5 rings (SSSR count). The van der Waals surface area contributed by atoms with E-state index in [1.807, 2.05) is 47.2 Å². The molecule has 2 aliphatic heterocycles. The van der Waals surface area contributed by atoms with Crippen LogP contribution in [-0.2, 0) is 13.5 Å². The van der Waals surface area contributed by atoms with Gasteiger partial charge in [-0.2, -0.15) is 0 Å². The van der Waals surface area contributed by atoms with Crippen molar-refractivity contribution in [2.75, 3.05) is 19.6 Å². The molecule has 1 unspecified atom stereocenters. The van der Waals surface area contributed by atoms with Gasteiger partial charge in [0.25, 0.3) is 11.8 Å². The number of amides is 2. The summed E-state index contributed by atoms with van der Waals surface area (Å²) in [6.45, 7) is 2.01. The molecular weight excluding hydrogens is 392 g/mol. The molecule has 0 bridgehead atoms. The standard InChI is InChI=1S/C23H26N6O2/c1-27-15-24-13-19(27)23(31)29-12-9-18-20(26-14-25-18)21(29)16-7-10-28(11-8-16)22(30)17-5-3-2-4-6-17/h2-6,13-16,21H,7-12H2,1H3,(H,25,26). The lowest BCUT2D eigenvalue weighted by Gasteiger charge is -2.43. The number of aromatic amines is 1. The van der Waals surface area contributed by atoms with Gasteiger partial charge in [-0.05, 0) is 30.9 Å². The summed E-state index contributed by atoms with van der Waals surface area (Å²) in [4.78, 5) is 42.1. The number of nitrogens with zero attached hydrogens (tertiary/aromatic N) is 5. The van der Waals surface area contributed by atoms with E-state index in [0.717, 1.165) is 36.2 Å². The second-order valence-electron chi connectivity index (χ2n) is 8.35. The highest BCUT2D eigenvalue weighted by Crippen LogP contribution is 2.39. The number of piperidine rings is 1. The van der Waals surface area contributed by atoms with Gasteiger partial charge in [-0.1, -0.05) is 18.2 Å². The van der Waals surface area contributed by atoms with Gasteiger partial charge in [0.15, 0.2) is 0 Å². The maximum atomic E-state index is 13.4. The van der Waals surface area contributed by atoms with Crippen LogP contribution in [0, 0.1) is 5.92 Å². The zero-order valence-corrected chi connectivity index (χ0v) is 17.6. The van der Waals surface area contributed by atoms with Crippen LogP contribution < -0.4 is 0 Å². The van der Waals surface area contributed by atoms with Gasteiger partial charge in [-0.25, -0.2) is 9.97 Å². The topological polar surface area (TPSA) is 87.1 Å². The molecule has 1 fully saturated rings. The number of imidazole rings is 2. The molecule has 2 aromatic heterocycles. The summed E-state index contributed by atoms with van der Waals surface area (Å²) < 4.78 is 1.76. The van der Waals surface area contributed by atoms with E-state index in [1.165, 1.54) is 0 Å². The fourth-order valence-electron chi connectivity index (χ4n) is 4.90. The molecule has 2 aliphatic rings. The van der Waals surface area contributed by atoms with Crippen molar-refractivity contribution in [2.24, 2.45) is 13.0 Å². The number of benzene rings is 1. The number of likely N-dealkylation sites (tertiary alicyclic amines) is 1. The molecule has 0 aliphatic carbocycles. The molecule has 0 saturated carbocycles. The largest absolute Gasteiger partial charge is 0.348 e. The first-order valence-corrected chi connectivity index (χ1v) is 10.8. The zero-order valence-electron chi connectivity index (χ0n) is 17.6. The Morgan fingerprint density at radius 3 is 2.55 bits per heavy atom. The van der Waals surface area contributed by atoms with Crippen LogP contribution in [0.15, 0.2) is 49.2 Å². The monoisotopic (exact) mass is 418 g/mol. The Balaban J connectivity index is 1.37. The lowest BCUT2D eigenvalue weighted by atomic mass is 9.83. The van der Waals surface area contributed by atoms with Crippen LogP contribution in [0.5, 0.6) is 0 Å². The number of aryl methyl sites for hydroxylation is 1. The van der Waals surface area contributed by atoms with Crippen LogP contribution in [0.4, 0.5) is 0 Å². The maximum Gasteiger partial charge on any atom is 0.272 e. The highest BCUT2D eigenvalue weighted by Gasteiger charge is 2.40. The van der Waals surface area contributed by atoms with Gasteiger partial charge in [-0.15, -0.1) is 0 Å². The molecule has 8 heteroatoms. The Hall–Kier alpha value is -3.42. The third-order valence-corrected chi connectivity index (χ3v) is 6.56. The molecule has 4 heterocycles. The average Bonchev–Trinajstić information content (AvgIpc) is 3.47. The Kier molecular flexibility index (Phi) is 5.05. The van der Waals surface area contributed by atoms with E-state index >= 15 is 0 Å². The summed E-state index contributed by atoms with van der Waals surface area (Å²) in [6, 6.07) is 9.33. The third kappa shape index (κ3) is 3.52. The number of fused-ring (bicyclic) bond motifs is 1. The predicted octanol–water partition coefficient (Wildman–Crippen LogP) is 2.44. The van der Waals surface area contributed by atoms with Gasteiger partial charge in [0.1, 0.15) is 5.69 Å². The minimum Gasteiger partial charge on any atom is -0.348 e. The quantitative estimate of drug-likeness (QED) is 0.708. The maximum absolute atomic E-state index is 13.4. The van der Waals surface area contributed by atoms with E-state index < -0.39 is 0 Å². The van der Waals surface area contributed by atoms with Crippen LogP contribution in [0.3, 0.4) is 0 Å². The van der Waals surface area contributed by atoms with Crippen molar-refractivity contribution >= 4 is 11.8 Å². The molecule has 1 saturated heterocycles. The molecule has 3 aromatic rings. The zero-order chi connectivity index (χ0) is 21.4. The van der Waals surface area contributed by atoms with E-state index in [-0.39, 0.29) is 23.8 Å². The predicted molar refractivity (Wildman–Crippen MR) is 114 cm³/mol. The number of nitrogens with one attached hydrogen (secondary N) is 1. The number of H-pyrrole nitrogens is 1. The van der Waals surface area contributed by atoms with E-state index in [9.17, 15) is 9.59 Å². The molecule has 160 valence electrons.